The van der Waals surface area contributed by atoms with E-state index in [4.69, 9.17) is 16.6 Å². The maximum atomic E-state index is 12.5. The Morgan fingerprint density at radius 1 is 1.27 bits per heavy atom. The van der Waals surface area contributed by atoms with Gasteiger partial charge in [0.2, 0.25) is 0 Å². The molecule has 5 rings (SSSR count). The first kappa shape index (κ1) is 15.6. The summed E-state index contributed by atoms with van der Waals surface area (Å²) in [6, 6.07) is 9.73. The molecule has 0 fully saturated rings. The fourth-order valence-corrected chi connectivity index (χ4v) is 4.51. The van der Waals surface area contributed by atoms with Gasteiger partial charge in [0, 0.05) is 34.3 Å². The molecule has 26 heavy (non-hydrogen) atoms. The molecule has 8 heteroatoms. The quantitative estimate of drug-likeness (QED) is 0.524. The van der Waals surface area contributed by atoms with E-state index >= 15 is 0 Å². The first-order valence-corrected chi connectivity index (χ1v) is 9.42. The summed E-state index contributed by atoms with van der Waals surface area (Å²) in [6.07, 6.45) is 1.78. The van der Waals surface area contributed by atoms with Crippen LogP contribution in [0.5, 0.6) is 0 Å². The van der Waals surface area contributed by atoms with E-state index in [0.29, 0.717) is 17.5 Å². The number of thiophene rings is 1. The van der Waals surface area contributed by atoms with Crippen LogP contribution in [0.1, 0.15) is 16.6 Å². The molecule has 1 aliphatic heterocycles. The highest BCUT2D eigenvalue weighted by atomic mass is 35.5. The molecule has 1 amide bonds. The Hall–Kier alpha value is -2.64. The van der Waals surface area contributed by atoms with Gasteiger partial charge in [-0.3, -0.25) is 4.79 Å². The SMILES string of the molecule is C[C@@H]1CNc2c(sc3ccc4nc(-n5ccc(Cl)n5)ccc4c23)C(=O)N1. The number of pyridine rings is 1. The summed E-state index contributed by atoms with van der Waals surface area (Å²) in [5.41, 5.74) is 1.75. The Kier molecular flexibility index (Phi) is 3.41. The van der Waals surface area contributed by atoms with Crippen LogP contribution in [-0.2, 0) is 0 Å². The van der Waals surface area contributed by atoms with Gasteiger partial charge in [-0.2, -0.15) is 5.10 Å². The summed E-state index contributed by atoms with van der Waals surface area (Å²) < 4.78 is 2.71. The lowest BCUT2D eigenvalue weighted by Gasteiger charge is -2.10. The topological polar surface area (TPSA) is 71.8 Å². The fourth-order valence-electron chi connectivity index (χ4n) is 3.27. The molecule has 0 saturated heterocycles. The van der Waals surface area contributed by atoms with Crippen LogP contribution in [0.3, 0.4) is 0 Å². The standard InChI is InChI=1S/C18H14ClN5OS/c1-9-8-20-16-15-10-2-5-14(24-7-6-13(19)23-24)22-11(10)3-4-12(15)26-17(16)18(25)21-9/h2-7,9,20H,8H2,1H3,(H,21,25)/t9-/m1/s1. The lowest BCUT2D eigenvalue weighted by molar-refractivity contribution is 0.0949. The van der Waals surface area contributed by atoms with Crippen LogP contribution in [0.25, 0.3) is 26.8 Å². The molecule has 1 aliphatic rings. The van der Waals surface area contributed by atoms with E-state index in [9.17, 15) is 4.79 Å². The van der Waals surface area contributed by atoms with E-state index in [-0.39, 0.29) is 11.9 Å². The summed E-state index contributed by atoms with van der Waals surface area (Å²) in [4.78, 5) is 17.9. The second kappa shape index (κ2) is 5.69. The van der Waals surface area contributed by atoms with Gasteiger partial charge in [0.1, 0.15) is 4.88 Å². The highest BCUT2D eigenvalue weighted by Gasteiger charge is 2.24. The number of carbonyl (C=O) groups is 1. The van der Waals surface area contributed by atoms with Crippen LogP contribution in [0.2, 0.25) is 5.15 Å². The molecule has 130 valence electrons. The van der Waals surface area contributed by atoms with Crippen molar-refractivity contribution in [3.8, 4) is 5.82 Å². The molecule has 4 aromatic rings. The Balaban J connectivity index is 1.74. The van der Waals surface area contributed by atoms with Crippen LogP contribution in [0.4, 0.5) is 5.69 Å². The Morgan fingerprint density at radius 3 is 2.96 bits per heavy atom. The number of hydrogen-bond acceptors (Lipinski definition) is 5. The first-order chi connectivity index (χ1) is 12.6. The number of halogens is 1. The van der Waals surface area contributed by atoms with Crippen molar-refractivity contribution >= 4 is 55.5 Å². The zero-order valence-electron chi connectivity index (χ0n) is 13.8. The lowest BCUT2D eigenvalue weighted by Crippen LogP contribution is -2.34. The molecule has 1 aromatic carbocycles. The molecule has 0 spiro atoms. The van der Waals surface area contributed by atoms with Gasteiger partial charge in [-0.25, -0.2) is 9.67 Å². The second-order valence-electron chi connectivity index (χ2n) is 6.32. The summed E-state index contributed by atoms with van der Waals surface area (Å²) >= 11 is 7.41. The second-order valence-corrected chi connectivity index (χ2v) is 7.76. The minimum absolute atomic E-state index is 0.0254. The van der Waals surface area contributed by atoms with Crippen molar-refractivity contribution in [3.63, 3.8) is 0 Å². The molecule has 0 unspecified atom stereocenters. The van der Waals surface area contributed by atoms with Crippen molar-refractivity contribution < 1.29 is 4.79 Å². The minimum atomic E-state index is -0.0254. The zero-order chi connectivity index (χ0) is 17.8. The molecule has 0 aliphatic carbocycles. The zero-order valence-corrected chi connectivity index (χ0v) is 15.4. The molecule has 1 atom stereocenters. The predicted molar refractivity (Wildman–Crippen MR) is 105 cm³/mol. The van der Waals surface area contributed by atoms with Crippen molar-refractivity contribution in [2.75, 3.05) is 11.9 Å². The third-order valence-electron chi connectivity index (χ3n) is 4.47. The lowest BCUT2D eigenvalue weighted by atomic mass is 10.1. The minimum Gasteiger partial charge on any atom is -0.381 e. The van der Waals surface area contributed by atoms with Crippen molar-refractivity contribution in [1.82, 2.24) is 20.1 Å². The number of aromatic nitrogens is 3. The number of nitrogens with one attached hydrogen (secondary N) is 2. The molecular formula is C18H14ClN5OS. The smallest absolute Gasteiger partial charge is 0.263 e. The Bertz CT molecular complexity index is 1180. The van der Waals surface area contributed by atoms with Crippen molar-refractivity contribution in [2.24, 2.45) is 0 Å². The van der Waals surface area contributed by atoms with Crippen LogP contribution < -0.4 is 10.6 Å². The van der Waals surface area contributed by atoms with E-state index in [1.165, 1.54) is 11.3 Å². The van der Waals surface area contributed by atoms with Crippen LogP contribution in [-0.4, -0.2) is 33.3 Å². The molecular weight excluding hydrogens is 370 g/mol. The highest BCUT2D eigenvalue weighted by molar-refractivity contribution is 7.21. The number of benzene rings is 1. The summed E-state index contributed by atoms with van der Waals surface area (Å²) in [6.45, 7) is 2.68. The molecule has 2 N–H and O–H groups in total. The van der Waals surface area contributed by atoms with Gasteiger partial charge in [0.25, 0.3) is 5.91 Å². The number of carbonyl (C=O) groups excluding carboxylic acids is 1. The highest BCUT2D eigenvalue weighted by Crippen LogP contribution is 2.40. The number of hydrogen-bond donors (Lipinski definition) is 2. The average Bonchev–Trinajstić information content (AvgIpc) is 3.19. The predicted octanol–water partition coefficient (Wildman–Crippen LogP) is 3.83. The number of fused-ring (bicyclic) bond motifs is 5. The third-order valence-corrected chi connectivity index (χ3v) is 5.82. The van der Waals surface area contributed by atoms with Gasteiger partial charge in [0.05, 0.1) is 11.2 Å². The van der Waals surface area contributed by atoms with Gasteiger partial charge in [-0.15, -0.1) is 11.3 Å². The van der Waals surface area contributed by atoms with Crippen molar-refractivity contribution in [2.45, 2.75) is 13.0 Å². The van der Waals surface area contributed by atoms with Gasteiger partial charge in [-0.05, 0) is 37.3 Å². The maximum Gasteiger partial charge on any atom is 0.263 e. The molecule has 0 radical (unpaired) electrons. The molecule has 0 bridgehead atoms. The molecule has 0 saturated carbocycles. The van der Waals surface area contributed by atoms with Crippen LogP contribution in [0.15, 0.2) is 36.5 Å². The van der Waals surface area contributed by atoms with Crippen molar-refractivity contribution in [3.05, 3.63) is 46.6 Å². The number of rotatable bonds is 1. The monoisotopic (exact) mass is 383 g/mol. The van der Waals surface area contributed by atoms with Gasteiger partial charge in [-0.1, -0.05) is 11.6 Å². The third kappa shape index (κ3) is 2.35. The van der Waals surface area contributed by atoms with Gasteiger partial charge in [0.15, 0.2) is 11.0 Å². The largest absolute Gasteiger partial charge is 0.381 e. The van der Waals surface area contributed by atoms with E-state index in [0.717, 1.165) is 31.6 Å². The maximum absolute atomic E-state index is 12.5. The Morgan fingerprint density at radius 2 is 2.15 bits per heavy atom. The number of anilines is 1. The first-order valence-electron chi connectivity index (χ1n) is 8.23. The normalized spacial score (nSPS) is 17.0. The van der Waals surface area contributed by atoms with Crippen LogP contribution >= 0.6 is 22.9 Å². The van der Waals surface area contributed by atoms with Gasteiger partial charge >= 0.3 is 0 Å². The Labute approximate surface area is 157 Å². The van der Waals surface area contributed by atoms with E-state index in [1.54, 1.807) is 16.9 Å². The van der Waals surface area contributed by atoms with E-state index in [1.807, 2.05) is 31.2 Å². The van der Waals surface area contributed by atoms with E-state index < -0.39 is 0 Å². The van der Waals surface area contributed by atoms with E-state index in [2.05, 4.69) is 15.7 Å². The van der Waals surface area contributed by atoms with Crippen molar-refractivity contribution in [1.29, 1.82) is 0 Å². The molecule has 6 nitrogen and oxygen atoms in total. The summed E-state index contributed by atoms with van der Waals surface area (Å²) in [5, 5.41) is 13.1. The summed E-state index contributed by atoms with van der Waals surface area (Å²) in [7, 11) is 0. The van der Waals surface area contributed by atoms with Gasteiger partial charge < -0.3 is 10.6 Å². The average molecular weight is 384 g/mol. The van der Waals surface area contributed by atoms with Crippen LogP contribution in [0, 0.1) is 0 Å². The summed E-state index contributed by atoms with van der Waals surface area (Å²) in [5.74, 6) is 0.673. The number of nitrogens with zero attached hydrogens (tertiary/aromatic N) is 3. The molecule has 3 aromatic heterocycles. The fraction of sp³-hybridized carbons (Fsp3) is 0.167. The number of amides is 1. The molecule has 4 heterocycles.